The molecule has 0 saturated heterocycles. The molecule has 0 radical (unpaired) electrons. The summed E-state index contributed by atoms with van der Waals surface area (Å²) >= 11 is 0. The number of rotatable bonds is 10. The van der Waals surface area contributed by atoms with Crippen molar-refractivity contribution in [2.45, 2.75) is 98.6 Å². The van der Waals surface area contributed by atoms with Crippen molar-refractivity contribution in [1.29, 1.82) is 0 Å². The van der Waals surface area contributed by atoms with Gasteiger partial charge >= 0.3 is 0 Å². The SMILES string of the molecule is C=C(C)[C@@H](O[Si](C)(C)C(C)(C)C)[C@H](C[C@H](C)Cc1c(C)c(C)cc([N+](=O)[O-])c1C)OC. The topological polar surface area (TPSA) is 61.6 Å². The Labute approximate surface area is 190 Å². The van der Waals surface area contributed by atoms with E-state index in [-0.39, 0.29) is 33.8 Å². The normalized spacial score (nSPS) is 15.5. The molecule has 0 aliphatic rings. The largest absolute Gasteiger partial charge is 0.408 e. The second kappa shape index (κ2) is 10.4. The third kappa shape index (κ3) is 6.74. The fourth-order valence-electron chi connectivity index (χ4n) is 3.75. The fraction of sp³-hybridized carbons (Fsp3) is 0.680. The van der Waals surface area contributed by atoms with Crippen molar-refractivity contribution >= 4 is 14.0 Å². The van der Waals surface area contributed by atoms with Gasteiger partial charge in [0.2, 0.25) is 0 Å². The summed E-state index contributed by atoms with van der Waals surface area (Å²) in [6.07, 6.45) is 1.29. The molecule has 0 spiro atoms. The van der Waals surface area contributed by atoms with Crippen molar-refractivity contribution in [3.05, 3.63) is 50.6 Å². The van der Waals surface area contributed by atoms with Gasteiger partial charge in [-0.25, -0.2) is 0 Å². The third-order valence-electron chi connectivity index (χ3n) is 6.97. The Hall–Kier alpha value is -1.50. The van der Waals surface area contributed by atoms with Crippen LogP contribution < -0.4 is 0 Å². The molecule has 176 valence electrons. The van der Waals surface area contributed by atoms with Crippen molar-refractivity contribution < 1.29 is 14.1 Å². The molecular weight excluding hydrogens is 406 g/mol. The van der Waals surface area contributed by atoms with Gasteiger partial charge in [0.05, 0.1) is 17.1 Å². The van der Waals surface area contributed by atoms with Crippen LogP contribution >= 0.6 is 0 Å². The fourth-order valence-corrected chi connectivity index (χ4v) is 5.09. The zero-order valence-electron chi connectivity index (χ0n) is 21.5. The number of hydrogen-bond acceptors (Lipinski definition) is 4. The minimum absolute atomic E-state index is 0.0966. The summed E-state index contributed by atoms with van der Waals surface area (Å²) < 4.78 is 12.6. The Balaban J connectivity index is 3.14. The predicted octanol–water partition coefficient (Wildman–Crippen LogP) is 7.07. The van der Waals surface area contributed by atoms with Crippen LogP contribution in [0, 0.1) is 36.8 Å². The Bertz CT molecular complexity index is 811. The summed E-state index contributed by atoms with van der Waals surface area (Å²) in [5, 5.41) is 11.6. The van der Waals surface area contributed by atoms with Crippen molar-refractivity contribution in [2.75, 3.05) is 7.11 Å². The lowest BCUT2D eigenvalue weighted by atomic mass is 9.86. The molecule has 1 aromatic rings. The zero-order chi connectivity index (χ0) is 24.3. The van der Waals surface area contributed by atoms with Gasteiger partial charge in [-0.2, -0.15) is 0 Å². The lowest BCUT2D eigenvalue weighted by Crippen LogP contribution is -2.48. The highest BCUT2D eigenvalue weighted by molar-refractivity contribution is 6.74. The summed E-state index contributed by atoms with van der Waals surface area (Å²) in [7, 11) is -0.264. The predicted molar refractivity (Wildman–Crippen MR) is 132 cm³/mol. The quantitative estimate of drug-likeness (QED) is 0.166. The highest BCUT2D eigenvalue weighted by atomic mass is 28.4. The van der Waals surface area contributed by atoms with Crippen molar-refractivity contribution in [2.24, 2.45) is 5.92 Å². The number of methoxy groups -OCH3 is 1. The first kappa shape index (κ1) is 27.5. The lowest BCUT2D eigenvalue weighted by Gasteiger charge is -2.41. The van der Waals surface area contributed by atoms with Gasteiger partial charge in [0.25, 0.3) is 5.69 Å². The molecule has 1 aromatic carbocycles. The van der Waals surface area contributed by atoms with Crippen LogP contribution in [0.15, 0.2) is 18.2 Å². The van der Waals surface area contributed by atoms with Crippen LogP contribution in [-0.4, -0.2) is 32.6 Å². The molecule has 0 aromatic heterocycles. The molecule has 0 heterocycles. The number of nitrogens with zero attached hydrogens (tertiary/aromatic N) is 1. The van der Waals surface area contributed by atoms with E-state index in [0.717, 1.165) is 40.7 Å². The van der Waals surface area contributed by atoms with Crippen LogP contribution in [0.2, 0.25) is 18.1 Å². The molecule has 0 fully saturated rings. The maximum absolute atomic E-state index is 11.5. The van der Waals surface area contributed by atoms with E-state index < -0.39 is 8.32 Å². The van der Waals surface area contributed by atoms with Crippen LogP contribution in [0.3, 0.4) is 0 Å². The van der Waals surface area contributed by atoms with E-state index in [1.165, 1.54) is 0 Å². The number of nitro benzene ring substituents is 1. The Morgan fingerprint density at radius 1 is 1.23 bits per heavy atom. The monoisotopic (exact) mass is 449 g/mol. The van der Waals surface area contributed by atoms with Gasteiger partial charge in [-0.15, -0.1) is 0 Å². The second-order valence-electron chi connectivity index (χ2n) is 10.7. The van der Waals surface area contributed by atoms with E-state index in [2.05, 4.69) is 54.3 Å². The van der Waals surface area contributed by atoms with Gasteiger partial charge in [-0.3, -0.25) is 10.1 Å². The van der Waals surface area contributed by atoms with E-state index in [4.69, 9.17) is 9.16 Å². The minimum Gasteiger partial charge on any atom is -0.408 e. The number of aryl methyl sites for hydroxylation is 1. The van der Waals surface area contributed by atoms with Gasteiger partial charge in [0.15, 0.2) is 8.32 Å². The number of hydrogen-bond donors (Lipinski definition) is 0. The molecule has 0 N–H and O–H groups in total. The van der Waals surface area contributed by atoms with E-state index >= 15 is 0 Å². The summed E-state index contributed by atoms with van der Waals surface area (Å²) in [6, 6.07) is 1.68. The Morgan fingerprint density at radius 2 is 1.77 bits per heavy atom. The molecule has 0 unspecified atom stereocenters. The van der Waals surface area contributed by atoms with Crippen LogP contribution in [0.1, 0.15) is 63.3 Å². The first-order chi connectivity index (χ1) is 14.0. The van der Waals surface area contributed by atoms with Crippen LogP contribution in [-0.2, 0) is 15.6 Å². The maximum atomic E-state index is 11.5. The smallest absolute Gasteiger partial charge is 0.272 e. The van der Waals surface area contributed by atoms with Gasteiger partial charge in [-0.1, -0.05) is 39.8 Å². The van der Waals surface area contributed by atoms with Gasteiger partial charge < -0.3 is 9.16 Å². The highest BCUT2D eigenvalue weighted by Gasteiger charge is 2.41. The van der Waals surface area contributed by atoms with E-state index in [1.807, 2.05) is 20.8 Å². The summed E-state index contributed by atoms with van der Waals surface area (Å²) in [5.74, 6) is 0.272. The number of nitro groups is 1. The third-order valence-corrected chi connectivity index (χ3v) is 11.4. The molecule has 31 heavy (non-hydrogen) atoms. The standard InChI is InChI=1S/C25H43NO4Si/c1-16(2)24(30-31(11,12)25(7,8)9)23(29-10)14-17(3)13-21-19(5)18(4)15-22(20(21)6)26(27)28/h15,17,23-24H,1,13-14H2,2-12H3/t17-,23+,24-/m1/s1. The Kier molecular flexibility index (Phi) is 9.24. The highest BCUT2D eigenvalue weighted by Crippen LogP contribution is 2.39. The van der Waals surface area contributed by atoms with Gasteiger partial charge in [0.1, 0.15) is 0 Å². The molecule has 0 bridgehead atoms. The molecule has 0 saturated carbocycles. The Morgan fingerprint density at radius 3 is 2.19 bits per heavy atom. The molecule has 0 aliphatic carbocycles. The number of ether oxygens (including phenoxy) is 1. The zero-order valence-corrected chi connectivity index (χ0v) is 22.5. The molecule has 1 rings (SSSR count). The van der Waals surface area contributed by atoms with Crippen LogP contribution in [0.25, 0.3) is 0 Å². The first-order valence-electron chi connectivity index (χ1n) is 11.1. The summed E-state index contributed by atoms with van der Waals surface area (Å²) in [5.41, 5.74) is 5.12. The first-order valence-corrected chi connectivity index (χ1v) is 14.0. The molecule has 5 nitrogen and oxygen atoms in total. The molecule has 0 aliphatic heterocycles. The van der Waals surface area contributed by atoms with Crippen molar-refractivity contribution in [3.63, 3.8) is 0 Å². The molecule has 0 amide bonds. The van der Waals surface area contributed by atoms with E-state index in [9.17, 15) is 10.1 Å². The lowest BCUT2D eigenvalue weighted by molar-refractivity contribution is -0.385. The average molecular weight is 450 g/mol. The number of benzene rings is 1. The molecule has 6 heteroatoms. The van der Waals surface area contributed by atoms with Gasteiger partial charge in [-0.05, 0) is 81.3 Å². The average Bonchev–Trinajstić information content (AvgIpc) is 2.63. The second-order valence-corrected chi connectivity index (χ2v) is 15.4. The van der Waals surface area contributed by atoms with Crippen LogP contribution in [0.5, 0.6) is 0 Å². The van der Waals surface area contributed by atoms with Crippen LogP contribution in [0.4, 0.5) is 5.69 Å². The maximum Gasteiger partial charge on any atom is 0.272 e. The van der Waals surface area contributed by atoms with E-state index in [0.29, 0.717) is 0 Å². The van der Waals surface area contributed by atoms with Crippen molar-refractivity contribution in [3.8, 4) is 0 Å². The minimum atomic E-state index is -2.00. The van der Waals surface area contributed by atoms with Gasteiger partial charge in [0, 0.05) is 18.7 Å². The van der Waals surface area contributed by atoms with Crippen molar-refractivity contribution in [1.82, 2.24) is 0 Å². The summed E-state index contributed by atoms with van der Waals surface area (Å²) in [6.45, 7) is 25.4. The molecule has 3 atom stereocenters. The molecular formula is C25H43NO4Si. The van der Waals surface area contributed by atoms with E-state index in [1.54, 1.807) is 13.2 Å². The summed E-state index contributed by atoms with van der Waals surface area (Å²) in [4.78, 5) is 11.2.